The molecule has 0 aromatic carbocycles. The highest BCUT2D eigenvalue weighted by atomic mass is 32.1. The molecule has 0 spiro atoms. The number of hydrogen-bond donors (Lipinski definition) is 2. The van der Waals surface area contributed by atoms with E-state index in [0.717, 1.165) is 11.9 Å². The molecule has 0 saturated carbocycles. The van der Waals surface area contributed by atoms with Crippen LogP contribution in [0, 0.1) is 5.92 Å². The third-order valence-electron chi connectivity index (χ3n) is 3.29. The van der Waals surface area contributed by atoms with Crippen molar-refractivity contribution in [1.82, 2.24) is 10.3 Å². The van der Waals surface area contributed by atoms with Gasteiger partial charge in [0, 0.05) is 18.3 Å². The number of rotatable bonds is 6. The van der Waals surface area contributed by atoms with Crippen LogP contribution < -0.4 is 5.32 Å². The van der Waals surface area contributed by atoms with E-state index in [0.29, 0.717) is 5.92 Å². The molecule has 104 valence electrons. The molecule has 19 heavy (non-hydrogen) atoms. The number of aliphatic hydroxyl groups is 1. The normalized spacial score (nSPS) is 15.0. The van der Waals surface area contributed by atoms with Gasteiger partial charge >= 0.3 is 0 Å². The number of nitrogens with one attached hydrogen (secondary N) is 1. The highest BCUT2D eigenvalue weighted by Gasteiger charge is 2.14. The van der Waals surface area contributed by atoms with Crippen LogP contribution in [0.25, 0.3) is 10.2 Å². The lowest BCUT2D eigenvalue weighted by molar-refractivity contribution is 0.215. The van der Waals surface area contributed by atoms with Crippen LogP contribution >= 0.6 is 11.3 Å². The molecular weight excluding hydrogens is 256 g/mol. The average molecular weight is 278 g/mol. The molecule has 0 amide bonds. The Morgan fingerprint density at radius 2 is 2.16 bits per heavy atom. The molecule has 2 rings (SSSR count). The summed E-state index contributed by atoms with van der Waals surface area (Å²) in [5.41, 5.74) is 2.24. The van der Waals surface area contributed by atoms with Crippen LogP contribution in [-0.2, 0) is 0 Å². The maximum Gasteiger partial charge on any atom is 0.0809 e. The van der Waals surface area contributed by atoms with Crippen molar-refractivity contribution in [3.63, 3.8) is 0 Å². The van der Waals surface area contributed by atoms with Gasteiger partial charge in [-0.15, -0.1) is 11.3 Å². The summed E-state index contributed by atoms with van der Waals surface area (Å²) in [4.78, 5) is 4.46. The minimum absolute atomic E-state index is 0.147. The van der Waals surface area contributed by atoms with E-state index >= 15 is 0 Å². The molecule has 4 heteroatoms. The number of aliphatic hydroxyl groups excluding tert-OH is 1. The quantitative estimate of drug-likeness (QED) is 0.851. The Bertz CT molecular complexity index is 524. The molecule has 3 nitrogen and oxygen atoms in total. The predicted molar refractivity (Wildman–Crippen MR) is 81.5 cm³/mol. The fourth-order valence-electron chi connectivity index (χ4n) is 2.31. The first-order valence-corrected chi connectivity index (χ1v) is 7.68. The molecular formula is C15H22N2OS. The van der Waals surface area contributed by atoms with Gasteiger partial charge in [0.05, 0.1) is 16.8 Å². The van der Waals surface area contributed by atoms with Gasteiger partial charge in [-0.25, -0.2) is 0 Å². The minimum Gasteiger partial charge on any atom is -0.395 e. The Morgan fingerprint density at radius 3 is 2.84 bits per heavy atom. The van der Waals surface area contributed by atoms with Crippen molar-refractivity contribution < 1.29 is 5.11 Å². The van der Waals surface area contributed by atoms with Crippen molar-refractivity contribution >= 4 is 21.6 Å². The zero-order valence-electron chi connectivity index (χ0n) is 11.8. The fourth-order valence-corrected chi connectivity index (χ4v) is 3.10. The molecule has 0 radical (unpaired) electrons. The second-order valence-electron chi connectivity index (χ2n) is 5.47. The molecule has 2 unspecified atom stereocenters. The smallest absolute Gasteiger partial charge is 0.0809 e. The highest BCUT2D eigenvalue weighted by Crippen LogP contribution is 2.23. The average Bonchev–Trinajstić information content (AvgIpc) is 2.84. The zero-order chi connectivity index (χ0) is 13.8. The van der Waals surface area contributed by atoms with E-state index in [1.54, 1.807) is 11.3 Å². The Morgan fingerprint density at radius 1 is 1.37 bits per heavy atom. The van der Waals surface area contributed by atoms with Crippen molar-refractivity contribution in [3.8, 4) is 0 Å². The first-order chi connectivity index (χ1) is 9.10. The van der Waals surface area contributed by atoms with E-state index in [4.69, 9.17) is 0 Å². The van der Waals surface area contributed by atoms with E-state index in [2.05, 4.69) is 42.5 Å². The first kappa shape index (κ1) is 14.4. The predicted octanol–water partition coefficient (Wildman–Crippen LogP) is 3.35. The number of thiophene rings is 1. The number of fused-ring (bicyclic) bond motifs is 1. The summed E-state index contributed by atoms with van der Waals surface area (Å²) in [6.45, 7) is 6.65. The number of pyridine rings is 1. The van der Waals surface area contributed by atoms with E-state index < -0.39 is 0 Å². The second-order valence-corrected chi connectivity index (χ2v) is 6.42. The van der Waals surface area contributed by atoms with E-state index in [1.807, 2.05) is 12.3 Å². The lowest BCUT2D eigenvalue weighted by atomic mass is 10.0. The van der Waals surface area contributed by atoms with Gasteiger partial charge in [0.2, 0.25) is 0 Å². The van der Waals surface area contributed by atoms with E-state index in [1.165, 1.54) is 10.3 Å². The molecule has 2 atom stereocenters. The van der Waals surface area contributed by atoms with Crippen LogP contribution in [0.4, 0.5) is 0 Å². The first-order valence-electron chi connectivity index (χ1n) is 6.80. The van der Waals surface area contributed by atoms with Gasteiger partial charge in [0.1, 0.15) is 0 Å². The summed E-state index contributed by atoms with van der Waals surface area (Å²) < 4.78 is 1.22. The van der Waals surface area contributed by atoms with Gasteiger partial charge in [0.15, 0.2) is 0 Å². The number of hydrogen-bond acceptors (Lipinski definition) is 4. The lowest BCUT2D eigenvalue weighted by Crippen LogP contribution is -2.35. The van der Waals surface area contributed by atoms with Crippen LogP contribution in [0.15, 0.2) is 23.7 Å². The molecule has 2 aromatic rings. The summed E-state index contributed by atoms with van der Waals surface area (Å²) in [5.74, 6) is 0.578. The minimum atomic E-state index is 0.147. The molecule has 0 aliphatic rings. The Balaban J connectivity index is 2.07. The summed E-state index contributed by atoms with van der Waals surface area (Å²) in [6.07, 6.45) is 2.91. The Hall–Kier alpha value is -0.970. The van der Waals surface area contributed by atoms with Crippen LogP contribution in [0.5, 0.6) is 0 Å². The number of nitrogens with zero attached hydrogens (tertiary/aromatic N) is 1. The molecule has 2 heterocycles. The van der Waals surface area contributed by atoms with E-state index in [9.17, 15) is 5.11 Å². The topological polar surface area (TPSA) is 45.1 Å². The van der Waals surface area contributed by atoms with Gasteiger partial charge in [-0.2, -0.15) is 0 Å². The van der Waals surface area contributed by atoms with Crippen LogP contribution in [0.1, 0.15) is 38.8 Å². The van der Waals surface area contributed by atoms with Crippen molar-refractivity contribution in [2.24, 2.45) is 5.92 Å². The van der Waals surface area contributed by atoms with Crippen LogP contribution in [0.2, 0.25) is 0 Å². The molecule has 2 aromatic heterocycles. The zero-order valence-corrected chi connectivity index (χ0v) is 12.6. The van der Waals surface area contributed by atoms with Crippen LogP contribution in [-0.4, -0.2) is 22.7 Å². The van der Waals surface area contributed by atoms with Gasteiger partial charge < -0.3 is 10.4 Å². The Labute approximate surface area is 118 Å². The maximum absolute atomic E-state index is 9.43. The van der Waals surface area contributed by atoms with Gasteiger partial charge in [0.25, 0.3) is 0 Å². The molecule has 0 fully saturated rings. The lowest BCUT2D eigenvalue weighted by Gasteiger charge is -2.23. The maximum atomic E-state index is 9.43. The molecule has 0 aliphatic heterocycles. The summed E-state index contributed by atoms with van der Waals surface area (Å²) >= 11 is 1.71. The largest absolute Gasteiger partial charge is 0.395 e. The molecule has 0 bridgehead atoms. The second kappa shape index (κ2) is 6.46. The van der Waals surface area contributed by atoms with Crippen molar-refractivity contribution in [3.05, 3.63) is 29.3 Å². The summed E-state index contributed by atoms with van der Waals surface area (Å²) in [5, 5.41) is 15.0. The van der Waals surface area contributed by atoms with Gasteiger partial charge in [-0.3, -0.25) is 4.98 Å². The summed E-state index contributed by atoms with van der Waals surface area (Å²) in [7, 11) is 0. The molecule has 2 N–H and O–H groups in total. The Kier molecular flexibility index (Phi) is 4.91. The van der Waals surface area contributed by atoms with Crippen molar-refractivity contribution in [2.45, 2.75) is 39.3 Å². The third-order valence-corrected chi connectivity index (χ3v) is 4.14. The summed E-state index contributed by atoms with van der Waals surface area (Å²) in [6, 6.07) is 4.58. The van der Waals surface area contributed by atoms with Gasteiger partial charge in [-0.1, -0.05) is 13.8 Å². The molecule has 0 aliphatic carbocycles. The van der Waals surface area contributed by atoms with Gasteiger partial charge in [-0.05, 0) is 42.3 Å². The molecule has 0 saturated heterocycles. The SMILES string of the molecule is CC(C)CC(CO)NC(C)c1cnc2ccsc2c1. The third kappa shape index (κ3) is 3.75. The fraction of sp³-hybridized carbons (Fsp3) is 0.533. The van der Waals surface area contributed by atoms with Crippen LogP contribution in [0.3, 0.4) is 0 Å². The standard InChI is InChI=1S/C15H22N2OS/c1-10(2)6-13(9-18)17-11(3)12-7-15-14(16-8-12)4-5-19-15/h4-5,7-8,10-11,13,17-18H,6,9H2,1-3H3. The van der Waals surface area contributed by atoms with Crippen molar-refractivity contribution in [1.29, 1.82) is 0 Å². The monoisotopic (exact) mass is 278 g/mol. The van der Waals surface area contributed by atoms with E-state index in [-0.39, 0.29) is 18.7 Å². The highest BCUT2D eigenvalue weighted by molar-refractivity contribution is 7.17. The number of aromatic nitrogens is 1. The van der Waals surface area contributed by atoms with Crippen molar-refractivity contribution in [2.75, 3.05) is 6.61 Å².